The summed E-state index contributed by atoms with van der Waals surface area (Å²) >= 11 is 0. The number of aliphatic hydroxyl groups excluding tert-OH is 1. The minimum atomic E-state index is -0.108. The van der Waals surface area contributed by atoms with Gasteiger partial charge in [-0.1, -0.05) is 18.8 Å². The Morgan fingerprint density at radius 1 is 1.58 bits per heavy atom. The fraction of sp³-hybridized carbons (Fsp3) is 0.467. The standard InChI is InChI=1S/C15H18N2O2/c1-15(6-7-15)11-17-14(19)13-5-8-16-10-12(13)4-2-3-9-18/h5,8,10,18H,3,6-7,9,11H2,1H3,(H,17,19). The summed E-state index contributed by atoms with van der Waals surface area (Å²) < 4.78 is 0. The van der Waals surface area contributed by atoms with Crippen LogP contribution in [-0.2, 0) is 0 Å². The van der Waals surface area contributed by atoms with E-state index >= 15 is 0 Å². The number of pyridine rings is 1. The van der Waals surface area contributed by atoms with Crippen molar-refractivity contribution in [1.82, 2.24) is 10.3 Å². The normalized spacial score (nSPS) is 15.3. The van der Waals surface area contributed by atoms with Crippen LogP contribution >= 0.6 is 0 Å². The molecule has 19 heavy (non-hydrogen) atoms. The zero-order chi connectivity index (χ0) is 13.7. The van der Waals surface area contributed by atoms with Gasteiger partial charge in [-0.25, -0.2) is 0 Å². The van der Waals surface area contributed by atoms with Crippen molar-refractivity contribution in [2.75, 3.05) is 13.2 Å². The van der Waals surface area contributed by atoms with E-state index < -0.39 is 0 Å². The zero-order valence-electron chi connectivity index (χ0n) is 11.1. The Morgan fingerprint density at radius 2 is 2.37 bits per heavy atom. The summed E-state index contributed by atoms with van der Waals surface area (Å²) in [5, 5.41) is 11.7. The third kappa shape index (κ3) is 3.80. The molecule has 1 fully saturated rings. The van der Waals surface area contributed by atoms with Gasteiger partial charge in [0, 0.05) is 25.4 Å². The van der Waals surface area contributed by atoms with Gasteiger partial charge in [-0.05, 0) is 24.3 Å². The van der Waals surface area contributed by atoms with Crippen LogP contribution in [0.25, 0.3) is 0 Å². The molecule has 4 heteroatoms. The van der Waals surface area contributed by atoms with Crippen molar-refractivity contribution in [3.8, 4) is 11.8 Å². The molecule has 1 aliphatic carbocycles. The molecule has 4 nitrogen and oxygen atoms in total. The van der Waals surface area contributed by atoms with E-state index in [0.29, 0.717) is 24.1 Å². The number of aromatic nitrogens is 1. The van der Waals surface area contributed by atoms with E-state index in [1.807, 2.05) is 0 Å². The fourth-order valence-corrected chi connectivity index (χ4v) is 1.68. The lowest BCUT2D eigenvalue weighted by atomic mass is 10.1. The number of aliphatic hydroxyl groups is 1. The van der Waals surface area contributed by atoms with E-state index in [9.17, 15) is 4.79 Å². The third-order valence-corrected chi connectivity index (χ3v) is 3.30. The zero-order valence-corrected chi connectivity index (χ0v) is 11.1. The Hall–Kier alpha value is -1.86. The summed E-state index contributed by atoms with van der Waals surface area (Å²) in [6, 6.07) is 1.67. The largest absolute Gasteiger partial charge is 0.395 e. The first-order valence-corrected chi connectivity index (χ1v) is 6.47. The first-order valence-electron chi connectivity index (χ1n) is 6.47. The molecular weight excluding hydrogens is 240 g/mol. The SMILES string of the molecule is CC1(CNC(=O)c2ccncc2C#CCCO)CC1. The molecule has 2 N–H and O–H groups in total. The van der Waals surface area contributed by atoms with Crippen LogP contribution in [-0.4, -0.2) is 29.1 Å². The van der Waals surface area contributed by atoms with Crippen molar-refractivity contribution in [2.24, 2.45) is 5.41 Å². The van der Waals surface area contributed by atoms with Crippen LogP contribution in [0.3, 0.4) is 0 Å². The van der Waals surface area contributed by atoms with Crippen molar-refractivity contribution in [1.29, 1.82) is 0 Å². The van der Waals surface area contributed by atoms with Gasteiger partial charge in [0.05, 0.1) is 17.7 Å². The molecule has 1 heterocycles. The second kappa shape index (κ2) is 5.85. The molecular formula is C15H18N2O2. The Bertz CT molecular complexity index is 524. The van der Waals surface area contributed by atoms with Gasteiger partial charge in [0.1, 0.15) is 0 Å². The smallest absolute Gasteiger partial charge is 0.252 e. The fourth-order valence-electron chi connectivity index (χ4n) is 1.68. The molecule has 2 rings (SSSR count). The Balaban J connectivity index is 2.06. The second-order valence-corrected chi connectivity index (χ2v) is 5.19. The average molecular weight is 258 g/mol. The minimum Gasteiger partial charge on any atom is -0.395 e. The molecule has 0 aromatic carbocycles. The second-order valence-electron chi connectivity index (χ2n) is 5.19. The number of carbonyl (C=O) groups excluding carboxylic acids is 1. The molecule has 0 radical (unpaired) electrons. The van der Waals surface area contributed by atoms with Crippen LogP contribution in [0.5, 0.6) is 0 Å². The van der Waals surface area contributed by atoms with Crippen LogP contribution in [0.15, 0.2) is 18.5 Å². The number of nitrogens with zero attached hydrogens (tertiary/aromatic N) is 1. The van der Waals surface area contributed by atoms with Gasteiger partial charge in [-0.15, -0.1) is 0 Å². The predicted molar refractivity (Wildman–Crippen MR) is 72.5 cm³/mol. The Labute approximate surface area is 113 Å². The highest BCUT2D eigenvalue weighted by molar-refractivity contribution is 5.96. The highest BCUT2D eigenvalue weighted by Crippen LogP contribution is 2.44. The molecule has 0 bridgehead atoms. The maximum absolute atomic E-state index is 12.1. The van der Waals surface area contributed by atoms with Crippen molar-refractivity contribution in [2.45, 2.75) is 26.2 Å². The third-order valence-electron chi connectivity index (χ3n) is 3.30. The van der Waals surface area contributed by atoms with E-state index in [-0.39, 0.29) is 17.9 Å². The molecule has 1 aromatic rings. The van der Waals surface area contributed by atoms with E-state index in [2.05, 4.69) is 29.1 Å². The van der Waals surface area contributed by atoms with Gasteiger partial charge in [0.2, 0.25) is 0 Å². The van der Waals surface area contributed by atoms with Crippen molar-refractivity contribution >= 4 is 5.91 Å². The maximum atomic E-state index is 12.1. The lowest BCUT2D eigenvalue weighted by Crippen LogP contribution is -2.29. The number of carbonyl (C=O) groups is 1. The maximum Gasteiger partial charge on any atom is 0.252 e. The quantitative estimate of drug-likeness (QED) is 0.801. The highest BCUT2D eigenvalue weighted by atomic mass is 16.2. The molecule has 1 aromatic heterocycles. The summed E-state index contributed by atoms with van der Waals surface area (Å²) in [7, 11) is 0. The van der Waals surface area contributed by atoms with Gasteiger partial charge >= 0.3 is 0 Å². The molecule has 0 spiro atoms. The minimum absolute atomic E-state index is 0.0210. The topological polar surface area (TPSA) is 62.2 Å². The number of amides is 1. The van der Waals surface area contributed by atoms with Crippen LogP contribution < -0.4 is 5.32 Å². The van der Waals surface area contributed by atoms with Crippen LogP contribution in [0.2, 0.25) is 0 Å². The molecule has 0 atom stereocenters. The molecule has 0 aliphatic heterocycles. The number of rotatable bonds is 4. The first kappa shape index (κ1) is 13.6. The molecule has 1 amide bonds. The van der Waals surface area contributed by atoms with E-state index in [4.69, 9.17) is 5.11 Å². The summed E-state index contributed by atoms with van der Waals surface area (Å²) in [4.78, 5) is 16.1. The molecule has 1 saturated carbocycles. The lowest BCUT2D eigenvalue weighted by molar-refractivity contribution is 0.0946. The van der Waals surface area contributed by atoms with Crippen molar-refractivity contribution in [3.63, 3.8) is 0 Å². The summed E-state index contributed by atoms with van der Waals surface area (Å²) in [5.41, 5.74) is 1.44. The van der Waals surface area contributed by atoms with E-state index in [0.717, 1.165) is 0 Å². The van der Waals surface area contributed by atoms with Crippen LogP contribution in [0.1, 0.15) is 42.1 Å². The van der Waals surface area contributed by atoms with Crippen LogP contribution in [0, 0.1) is 17.3 Å². The van der Waals surface area contributed by atoms with Crippen LogP contribution in [0.4, 0.5) is 0 Å². The van der Waals surface area contributed by atoms with Gasteiger partial charge < -0.3 is 10.4 Å². The first-order chi connectivity index (χ1) is 9.14. The molecule has 100 valence electrons. The average Bonchev–Trinajstić information content (AvgIpc) is 3.15. The van der Waals surface area contributed by atoms with E-state index in [1.165, 1.54) is 12.8 Å². The Morgan fingerprint density at radius 3 is 3.05 bits per heavy atom. The highest BCUT2D eigenvalue weighted by Gasteiger charge is 2.37. The number of hydrogen-bond donors (Lipinski definition) is 2. The number of hydrogen-bond acceptors (Lipinski definition) is 3. The lowest BCUT2D eigenvalue weighted by Gasteiger charge is -2.10. The van der Waals surface area contributed by atoms with Crippen molar-refractivity contribution in [3.05, 3.63) is 29.6 Å². The summed E-state index contributed by atoms with van der Waals surface area (Å²) in [5.74, 6) is 5.58. The molecule has 0 saturated heterocycles. The van der Waals surface area contributed by atoms with Gasteiger partial charge in [0.25, 0.3) is 5.91 Å². The Kier molecular flexibility index (Phi) is 4.18. The van der Waals surface area contributed by atoms with Gasteiger partial charge in [-0.3, -0.25) is 9.78 Å². The number of nitrogens with one attached hydrogen (secondary N) is 1. The monoisotopic (exact) mass is 258 g/mol. The van der Waals surface area contributed by atoms with Gasteiger partial charge in [0.15, 0.2) is 0 Å². The van der Waals surface area contributed by atoms with Crippen molar-refractivity contribution < 1.29 is 9.90 Å². The molecule has 0 unspecified atom stereocenters. The van der Waals surface area contributed by atoms with E-state index in [1.54, 1.807) is 18.5 Å². The van der Waals surface area contributed by atoms with Gasteiger partial charge in [-0.2, -0.15) is 0 Å². The summed E-state index contributed by atoms with van der Waals surface area (Å²) in [6.45, 7) is 2.90. The molecule has 1 aliphatic rings. The predicted octanol–water partition coefficient (Wildman–Crippen LogP) is 1.35. The summed E-state index contributed by atoms with van der Waals surface area (Å²) in [6.07, 6.45) is 5.91.